The molecular formula is C17H15N3O3S2. The first-order valence-electron chi connectivity index (χ1n) is 7.49. The maximum Gasteiger partial charge on any atom is 0.273 e. The van der Waals surface area contributed by atoms with Crippen LogP contribution in [0.2, 0.25) is 0 Å². The third-order valence-corrected chi connectivity index (χ3v) is 5.58. The van der Waals surface area contributed by atoms with Gasteiger partial charge in [-0.3, -0.25) is 14.9 Å². The van der Waals surface area contributed by atoms with Crippen LogP contribution in [0.1, 0.15) is 25.8 Å². The van der Waals surface area contributed by atoms with E-state index in [4.69, 9.17) is 0 Å². The third-order valence-electron chi connectivity index (χ3n) is 3.70. The number of carbonyl (C=O) groups excluding carboxylic acids is 1. The van der Waals surface area contributed by atoms with Crippen LogP contribution < -0.4 is 5.32 Å². The van der Waals surface area contributed by atoms with Crippen molar-refractivity contribution < 1.29 is 9.72 Å². The van der Waals surface area contributed by atoms with Gasteiger partial charge in [-0.1, -0.05) is 6.07 Å². The number of nitrogens with zero attached hydrogens (tertiary/aromatic N) is 2. The van der Waals surface area contributed by atoms with Gasteiger partial charge in [0.05, 0.1) is 27.0 Å². The van der Waals surface area contributed by atoms with Gasteiger partial charge in [-0.15, -0.1) is 22.7 Å². The van der Waals surface area contributed by atoms with Gasteiger partial charge < -0.3 is 5.32 Å². The molecule has 0 unspecified atom stereocenters. The lowest BCUT2D eigenvalue weighted by Gasteiger charge is -2.07. The number of hydrogen-bond acceptors (Lipinski definition) is 6. The summed E-state index contributed by atoms with van der Waals surface area (Å²) >= 11 is 3.17. The zero-order chi connectivity index (χ0) is 18.0. The molecule has 0 saturated carbocycles. The summed E-state index contributed by atoms with van der Waals surface area (Å²) in [6, 6.07) is 8.45. The fourth-order valence-electron chi connectivity index (χ4n) is 2.42. The molecule has 2 heterocycles. The number of thiazole rings is 1. The molecule has 6 nitrogen and oxygen atoms in total. The summed E-state index contributed by atoms with van der Waals surface area (Å²) in [5.41, 5.74) is 1.58. The number of aryl methyl sites for hydroxylation is 1. The topological polar surface area (TPSA) is 85.1 Å². The summed E-state index contributed by atoms with van der Waals surface area (Å²) in [7, 11) is 0. The number of benzene rings is 1. The van der Waals surface area contributed by atoms with E-state index in [-0.39, 0.29) is 11.6 Å². The highest BCUT2D eigenvalue weighted by molar-refractivity contribution is 7.16. The second kappa shape index (κ2) is 7.12. The molecule has 0 saturated heterocycles. The average molecular weight is 373 g/mol. The summed E-state index contributed by atoms with van der Waals surface area (Å²) in [4.78, 5) is 29.4. The number of thiophene rings is 1. The number of amides is 1. The molecule has 1 amide bonds. The SMILES string of the molecule is Cc1nc(-c2ccc(CNC(=O)c3cccc([N+](=O)[O-])c3C)s2)cs1. The predicted molar refractivity (Wildman–Crippen MR) is 99.2 cm³/mol. The number of hydrogen-bond donors (Lipinski definition) is 1. The Kier molecular flexibility index (Phi) is 4.91. The van der Waals surface area contributed by atoms with Crippen molar-refractivity contribution in [1.82, 2.24) is 10.3 Å². The fourth-order valence-corrected chi connectivity index (χ4v) is 4.01. The molecule has 1 N–H and O–H groups in total. The van der Waals surface area contributed by atoms with Crippen LogP contribution in [0.5, 0.6) is 0 Å². The van der Waals surface area contributed by atoms with Crippen LogP contribution in [0.3, 0.4) is 0 Å². The van der Waals surface area contributed by atoms with Crippen molar-refractivity contribution in [2.24, 2.45) is 0 Å². The number of carbonyl (C=O) groups is 1. The van der Waals surface area contributed by atoms with Gasteiger partial charge in [0.1, 0.15) is 0 Å². The molecule has 0 aliphatic carbocycles. The molecule has 3 aromatic rings. The predicted octanol–water partition coefficient (Wildman–Crippen LogP) is 4.33. The van der Waals surface area contributed by atoms with E-state index in [1.165, 1.54) is 12.1 Å². The number of aromatic nitrogens is 1. The van der Waals surface area contributed by atoms with Gasteiger partial charge in [0, 0.05) is 27.5 Å². The molecule has 0 fully saturated rings. The number of rotatable bonds is 5. The lowest BCUT2D eigenvalue weighted by Crippen LogP contribution is -2.23. The van der Waals surface area contributed by atoms with Crippen molar-refractivity contribution in [3.63, 3.8) is 0 Å². The Morgan fingerprint density at radius 2 is 2.08 bits per heavy atom. The summed E-state index contributed by atoms with van der Waals surface area (Å²) in [5, 5.41) is 16.8. The molecule has 0 aliphatic rings. The van der Waals surface area contributed by atoms with E-state index < -0.39 is 4.92 Å². The smallest absolute Gasteiger partial charge is 0.273 e. The van der Waals surface area contributed by atoms with Crippen molar-refractivity contribution in [3.8, 4) is 10.6 Å². The Hall–Kier alpha value is -2.58. The van der Waals surface area contributed by atoms with Crippen LogP contribution in [0.25, 0.3) is 10.6 Å². The van der Waals surface area contributed by atoms with Crippen molar-refractivity contribution in [1.29, 1.82) is 0 Å². The monoisotopic (exact) mass is 373 g/mol. The quantitative estimate of drug-likeness (QED) is 0.533. The van der Waals surface area contributed by atoms with E-state index in [1.54, 1.807) is 35.7 Å². The molecule has 8 heteroatoms. The van der Waals surface area contributed by atoms with Gasteiger partial charge >= 0.3 is 0 Å². The summed E-state index contributed by atoms with van der Waals surface area (Å²) in [6.07, 6.45) is 0. The molecule has 3 rings (SSSR count). The minimum absolute atomic E-state index is 0.0510. The van der Waals surface area contributed by atoms with Crippen LogP contribution in [0.4, 0.5) is 5.69 Å². The van der Waals surface area contributed by atoms with Gasteiger partial charge in [0.2, 0.25) is 0 Å². The highest BCUT2D eigenvalue weighted by atomic mass is 32.1. The number of nitro groups is 1. The van der Waals surface area contributed by atoms with E-state index >= 15 is 0 Å². The Balaban J connectivity index is 1.70. The van der Waals surface area contributed by atoms with Crippen molar-refractivity contribution in [3.05, 3.63) is 66.8 Å². The highest BCUT2D eigenvalue weighted by Crippen LogP contribution is 2.29. The molecule has 0 aliphatic heterocycles. The molecule has 0 bridgehead atoms. The van der Waals surface area contributed by atoms with Gasteiger partial charge in [-0.25, -0.2) is 4.98 Å². The van der Waals surface area contributed by atoms with E-state index in [0.717, 1.165) is 20.5 Å². The van der Waals surface area contributed by atoms with Crippen LogP contribution in [0, 0.1) is 24.0 Å². The van der Waals surface area contributed by atoms with Gasteiger partial charge in [-0.05, 0) is 32.0 Å². The molecule has 0 spiro atoms. The van der Waals surface area contributed by atoms with E-state index in [1.807, 2.05) is 24.4 Å². The average Bonchev–Trinajstić information content (AvgIpc) is 3.21. The van der Waals surface area contributed by atoms with Gasteiger partial charge in [-0.2, -0.15) is 0 Å². The zero-order valence-corrected chi connectivity index (χ0v) is 15.2. The van der Waals surface area contributed by atoms with Gasteiger partial charge in [0.15, 0.2) is 0 Å². The minimum Gasteiger partial charge on any atom is -0.347 e. The lowest BCUT2D eigenvalue weighted by atomic mass is 10.1. The van der Waals surface area contributed by atoms with Crippen LogP contribution in [-0.2, 0) is 6.54 Å². The normalized spacial score (nSPS) is 10.6. The van der Waals surface area contributed by atoms with E-state index in [0.29, 0.717) is 17.7 Å². The molecule has 0 radical (unpaired) electrons. The zero-order valence-electron chi connectivity index (χ0n) is 13.6. The molecule has 128 valence electrons. The maximum absolute atomic E-state index is 12.4. The third kappa shape index (κ3) is 3.75. The van der Waals surface area contributed by atoms with Crippen LogP contribution in [-0.4, -0.2) is 15.8 Å². The van der Waals surface area contributed by atoms with Gasteiger partial charge in [0.25, 0.3) is 11.6 Å². The fraction of sp³-hybridized carbons (Fsp3) is 0.176. The van der Waals surface area contributed by atoms with Crippen LogP contribution in [0.15, 0.2) is 35.7 Å². The second-order valence-electron chi connectivity index (χ2n) is 5.41. The van der Waals surface area contributed by atoms with Crippen LogP contribution >= 0.6 is 22.7 Å². The summed E-state index contributed by atoms with van der Waals surface area (Å²) < 4.78 is 0. The Bertz CT molecular complexity index is 946. The van der Waals surface area contributed by atoms with Crippen molar-refractivity contribution in [2.75, 3.05) is 0 Å². The van der Waals surface area contributed by atoms with E-state index in [9.17, 15) is 14.9 Å². The Morgan fingerprint density at radius 3 is 2.76 bits per heavy atom. The Morgan fingerprint density at radius 1 is 1.28 bits per heavy atom. The maximum atomic E-state index is 12.4. The Labute approximate surface area is 152 Å². The first-order valence-corrected chi connectivity index (χ1v) is 9.18. The first-order chi connectivity index (χ1) is 12.0. The molecule has 1 aromatic carbocycles. The molecule has 0 atom stereocenters. The number of nitro benzene ring substituents is 1. The lowest BCUT2D eigenvalue weighted by molar-refractivity contribution is -0.385. The standard InChI is InChI=1S/C17H15N3O3S2/c1-10-13(4-3-5-15(10)20(22)23)17(21)18-8-12-6-7-16(25-12)14-9-24-11(2)19-14/h3-7,9H,8H2,1-2H3,(H,18,21). The molecule has 25 heavy (non-hydrogen) atoms. The van der Waals surface area contributed by atoms with Crippen molar-refractivity contribution in [2.45, 2.75) is 20.4 Å². The summed E-state index contributed by atoms with van der Waals surface area (Å²) in [6.45, 7) is 3.92. The van der Waals surface area contributed by atoms with E-state index in [2.05, 4.69) is 10.3 Å². The molecular weight excluding hydrogens is 358 g/mol. The van der Waals surface area contributed by atoms with Crippen molar-refractivity contribution >= 4 is 34.3 Å². The summed E-state index contributed by atoms with van der Waals surface area (Å²) in [5.74, 6) is -0.319. The molecule has 2 aromatic heterocycles. The first kappa shape index (κ1) is 17.2. The largest absolute Gasteiger partial charge is 0.347 e. The highest BCUT2D eigenvalue weighted by Gasteiger charge is 2.18. The number of nitrogens with one attached hydrogen (secondary N) is 1. The second-order valence-corrected chi connectivity index (χ2v) is 7.64. The minimum atomic E-state index is -0.479.